The first-order chi connectivity index (χ1) is 8.43. The molecule has 0 radical (unpaired) electrons. The minimum Gasteiger partial charge on any atom is -0.425 e. The standard InChI is InChI=1S/C14H23N3O/c1-13(2)11(14(13,3)4)12-17-16-10(18-12)7-8-15-9-5-6-9/h9,11,15H,5-8H2,1-4H3. The quantitative estimate of drug-likeness (QED) is 0.871. The van der Waals surface area contributed by atoms with Crippen LogP contribution in [-0.2, 0) is 6.42 Å². The fourth-order valence-corrected chi connectivity index (χ4v) is 2.97. The van der Waals surface area contributed by atoms with Gasteiger partial charge in [0, 0.05) is 24.9 Å². The van der Waals surface area contributed by atoms with Crippen LogP contribution in [0.5, 0.6) is 0 Å². The van der Waals surface area contributed by atoms with E-state index in [-0.39, 0.29) is 10.8 Å². The molecule has 1 heterocycles. The van der Waals surface area contributed by atoms with Gasteiger partial charge in [-0.05, 0) is 23.7 Å². The Morgan fingerprint density at radius 2 is 1.83 bits per heavy atom. The largest absolute Gasteiger partial charge is 0.425 e. The van der Waals surface area contributed by atoms with Gasteiger partial charge in [0.15, 0.2) is 0 Å². The maximum absolute atomic E-state index is 5.82. The number of nitrogens with one attached hydrogen (secondary N) is 1. The van der Waals surface area contributed by atoms with Crippen molar-refractivity contribution in [1.82, 2.24) is 15.5 Å². The van der Waals surface area contributed by atoms with Crippen molar-refractivity contribution in [3.8, 4) is 0 Å². The first-order valence-electron chi connectivity index (χ1n) is 6.98. The van der Waals surface area contributed by atoms with Gasteiger partial charge in [-0.1, -0.05) is 27.7 Å². The molecule has 0 bridgehead atoms. The van der Waals surface area contributed by atoms with Gasteiger partial charge >= 0.3 is 0 Å². The molecule has 3 rings (SSSR count). The number of hydrogen-bond acceptors (Lipinski definition) is 4. The highest BCUT2D eigenvalue weighted by atomic mass is 16.4. The second-order valence-electron chi connectivity index (χ2n) is 6.89. The topological polar surface area (TPSA) is 51.0 Å². The monoisotopic (exact) mass is 249 g/mol. The van der Waals surface area contributed by atoms with E-state index in [0.29, 0.717) is 5.92 Å². The van der Waals surface area contributed by atoms with Crippen LogP contribution in [0.15, 0.2) is 4.42 Å². The third kappa shape index (κ3) is 1.87. The van der Waals surface area contributed by atoms with E-state index in [2.05, 4.69) is 43.2 Å². The van der Waals surface area contributed by atoms with E-state index >= 15 is 0 Å². The Morgan fingerprint density at radius 1 is 1.17 bits per heavy atom. The van der Waals surface area contributed by atoms with Gasteiger partial charge in [0.05, 0.1) is 0 Å². The molecule has 2 saturated carbocycles. The summed E-state index contributed by atoms with van der Waals surface area (Å²) in [5.41, 5.74) is 0.534. The zero-order valence-corrected chi connectivity index (χ0v) is 11.8. The van der Waals surface area contributed by atoms with Gasteiger partial charge in [-0.15, -0.1) is 10.2 Å². The summed E-state index contributed by atoms with van der Waals surface area (Å²) in [6, 6.07) is 0.744. The molecule has 2 fully saturated rings. The van der Waals surface area contributed by atoms with Gasteiger partial charge in [-0.2, -0.15) is 0 Å². The van der Waals surface area contributed by atoms with Gasteiger partial charge in [-0.25, -0.2) is 0 Å². The van der Waals surface area contributed by atoms with Crippen molar-refractivity contribution in [2.75, 3.05) is 6.54 Å². The lowest BCUT2D eigenvalue weighted by atomic mass is 10.0. The zero-order chi connectivity index (χ0) is 13.0. The molecular formula is C14H23N3O. The summed E-state index contributed by atoms with van der Waals surface area (Å²) in [6.45, 7) is 10.0. The van der Waals surface area contributed by atoms with E-state index in [4.69, 9.17) is 4.42 Å². The Balaban J connectivity index is 1.60. The fraction of sp³-hybridized carbons (Fsp3) is 0.857. The Kier molecular flexibility index (Phi) is 2.56. The lowest BCUT2D eigenvalue weighted by molar-refractivity contribution is 0.426. The molecule has 2 aliphatic rings. The predicted molar refractivity (Wildman–Crippen MR) is 69.3 cm³/mol. The average Bonchev–Trinajstić information content (AvgIpc) is 3.08. The van der Waals surface area contributed by atoms with Crippen LogP contribution in [0, 0.1) is 10.8 Å². The summed E-state index contributed by atoms with van der Waals surface area (Å²) in [4.78, 5) is 0. The Morgan fingerprint density at radius 3 is 2.39 bits per heavy atom. The number of aromatic nitrogens is 2. The van der Waals surface area contributed by atoms with Gasteiger partial charge in [0.2, 0.25) is 11.8 Å². The maximum atomic E-state index is 5.82. The van der Waals surface area contributed by atoms with E-state index in [1.807, 2.05) is 0 Å². The van der Waals surface area contributed by atoms with Crippen molar-refractivity contribution in [3.63, 3.8) is 0 Å². The third-order valence-electron chi connectivity index (χ3n) is 5.10. The summed E-state index contributed by atoms with van der Waals surface area (Å²) >= 11 is 0. The highest BCUT2D eigenvalue weighted by Gasteiger charge is 2.67. The van der Waals surface area contributed by atoms with Crippen LogP contribution < -0.4 is 5.32 Å². The molecule has 0 amide bonds. The minimum absolute atomic E-state index is 0.267. The second-order valence-corrected chi connectivity index (χ2v) is 6.89. The van der Waals surface area contributed by atoms with Crippen LogP contribution in [0.1, 0.15) is 58.2 Å². The summed E-state index contributed by atoms with van der Waals surface area (Å²) in [6.07, 6.45) is 3.48. The SMILES string of the molecule is CC1(C)C(c2nnc(CCNC3CC3)o2)C1(C)C. The molecular weight excluding hydrogens is 226 g/mol. The van der Waals surface area contributed by atoms with Crippen molar-refractivity contribution in [2.45, 2.75) is 58.9 Å². The molecule has 0 atom stereocenters. The van der Waals surface area contributed by atoms with Crippen molar-refractivity contribution in [3.05, 3.63) is 11.8 Å². The van der Waals surface area contributed by atoms with Gasteiger partial charge in [0.25, 0.3) is 0 Å². The minimum atomic E-state index is 0.267. The van der Waals surface area contributed by atoms with Crippen molar-refractivity contribution in [1.29, 1.82) is 0 Å². The van der Waals surface area contributed by atoms with E-state index < -0.39 is 0 Å². The predicted octanol–water partition coefficient (Wildman–Crippen LogP) is 2.51. The second kappa shape index (κ2) is 3.80. The lowest BCUT2D eigenvalue weighted by Gasteiger charge is -2.03. The number of nitrogens with zero attached hydrogens (tertiary/aromatic N) is 2. The first kappa shape index (κ1) is 12.2. The lowest BCUT2D eigenvalue weighted by Crippen LogP contribution is -2.19. The Bertz CT molecular complexity index is 432. The molecule has 0 saturated heterocycles. The molecule has 4 heteroatoms. The highest BCUT2D eigenvalue weighted by Crippen LogP contribution is 2.73. The molecule has 4 nitrogen and oxygen atoms in total. The van der Waals surface area contributed by atoms with Crippen molar-refractivity contribution in [2.24, 2.45) is 10.8 Å². The number of rotatable bonds is 5. The molecule has 1 aromatic rings. The normalized spacial score (nSPS) is 25.3. The van der Waals surface area contributed by atoms with Crippen LogP contribution in [0.4, 0.5) is 0 Å². The van der Waals surface area contributed by atoms with Crippen LogP contribution in [0.2, 0.25) is 0 Å². The Labute approximate surface area is 109 Å². The smallest absolute Gasteiger partial charge is 0.220 e. The molecule has 18 heavy (non-hydrogen) atoms. The number of hydrogen-bond donors (Lipinski definition) is 1. The molecule has 0 spiro atoms. The average molecular weight is 249 g/mol. The molecule has 0 unspecified atom stereocenters. The summed E-state index contributed by atoms with van der Waals surface area (Å²) < 4.78 is 5.82. The Hall–Kier alpha value is -0.900. The van der Waals surface area contributed by atoms with Gasteiger partial charge < -0.3 is 9.73 Å². The molecule has 0 aromatic carbocycles. The first-order valence-corrected chi connectivity index (χ1v) is 6.98. The molecule has 2 aliphatic carbocycles. The van der Waals surface area contributed by atoms with E-state index in [1.54, 1.807) is 0 Å². The van der Waals surface area contributed by atoms with E-state index in [9.17, 15) is 0 Å². The van der Waals surface area contributed by atoms with Crippen LogP contribution in [0.3, 0.4) is 0 Å². The van der Waals surface area contributed by atoms with E-state index in [0.717, 1.165) is 30.8 Å². The molecule has 0 aliphatic heterocycles. The van der Waals surface area contributed by atoms with Gasteiger partial charge in [-0.3, -0.25) is 0 Å². The summed E-state index contributed by atoms with van der Waals surface area (Å²) in [5.74, 6) is 2.01. The van der Waals surface area contributed by atoms with Crippen molar-refractivity contribution < 1.29 is 4.42 Å². The van der Waals surface area contributed by atoms with Gasteiger partial charge in [0.1, 0.15) is 0 Å². The summed E-state index contributed by atoms with van der Waals surface area (Å²) in [7, 11) is 0. The molecule has 1 aromatic heterocycles. The molecule has 1 N–H and O–H groups in total. The third-order valence-corrected chi connectivity index (χ3v) is 5.10. The maximum Gasteiger partial charge on any atom is 0.220 e. The highest BCUT2D eigenvalue weighted by molar-refractivity contribution is 5.24. The van der Waals surface area contributed by atoms with Crippen molar-refractivity contribution >= 4 is 0 Å². The zero-order valence-electron chi connectivity index (χ0n) is 11.8. The summed E-state index contributed by atoms with van der Waals surface area (Å²) in [5, 5.41) is 11.9. The molecule has 100 valence electrons. The van der Waals surface area contributed by atoms with Crippen LogP contribution in [-0.4, -0.2) is 22.8 Å². The van der Waals surface area contributed by atoms with Crippen LogP contribution >= 0.6 is 0 Å². The fourth-order valence-electron chi connectivity index (χ4n) is 2.97. The van der Waals surface area contributed by atoms with Crippen LogP contribution in [0.25, 0.3) is 0 Å². The van der Waals surface area contributed by atoms with E-state index in [1.165, 1.54) is 12.8 Å².